The quantitative estimate of drug-likeness (QED) is 0.886. The largest absolute Gasteiger partial charge is 0.478 e. The lowest BCUT2D eigenvalue weighted by atomic mass is 10.1. The molecule has 0 spiro atoms. The van der Waals surface area contributed by atoms with Crippen LogP contribution in [0.2, 0.25) is 0 Å². The highest BCUT2D eigenvalue weighted by Crippen LogP contribution is 2.32. The molecule has 0 saturated carbocycles. The van der Waals surface area contributed by atoms with E-state index in [1.165, 1.54) is 6.07 Å². The third-order valence-electron chi connectivity index (χ3n) is 3.51. The highest BCUT2D eigenvalue weighted by Gasteiger charge is 2.14. The van der Waals surface area contributed by atoms with Crippen molar-refractivity contribution in [3.05, 3.63) is 53.6 Å². The van der Waals surface area contributed by atoms with Gasteiger partial charge in [0.1, 0.15) is 0 Å². The second-order valence-corrected chi connectivity index (χ2v) is 5.09. The molecule has 1 heterocycles. The van der Waals surface area contributed by atoms with E-state index in [-0.39, 0.29) is 24.7 Å². The minimum absolute atomic E-state index is 0.0731. The van der Waals surface area contributed by atoms with Gasteiger partial charge in [-0.25, -0.2) is 4.79 Å². The Bertz CT molecular complexity index is 756. The third-order valence-corrected chi connectivity index (χ3v) is 3.51. The lowest BCUT2D eigenvalue weighted by Gasteiger charge is -2.08. The number of hydrogen-bond acceptors (Lipinski definition) is 4. The fourth-order valence-corrected chi connectivity index (χ4v) is 2.35. The first-order chi connectivity index (χ1) is 11.1. The average Bonchev–Trinajstić information content (AvgIpc) is 3.01. The smallest absolute Gasteiger partial charge is 0.337 e. The molecule has 0 saturated heterocycles. The summed E-state index contributed by atoms with van der Waals surface area (Å²) in [6.07, 6.45) is 0.769. The lowest BCUT2D eigenvalue weighted by molar-refractivity contribution is -0.116. The molecule has 1 aliphatic rings. The number of aryl methyl sites for hydroxylation is 1. The van der Waals surface area contributed by atoms with Crippen LogP contribution < -0.4 is 14.8 Å². The van der Waals surface area contributed by atoms with Crippen LogP contribution in [0.1, 0.15) is 22.3 Å². The minimum Gasteiger partial charge on any atom is -0.478 e. The monoisotopic (exact) mass is 313 g/mol. The molecule has 118 valence electrons. The number of rotatable bonds is 5. The Hall–Kier alpha value is -3.02. The molecule has 3 rings (SSSR count). The molecule has 0 fully saturated rings. The van der Waals surface area contributed by atoms with Crippen molar-refractivity contribution in [1.82, 2.24) is 0 Å². The van der Waals surface area contributed by atoms with Gasteiger partial charge in [-0.15, -0.1) is 0 Å². The number of carboxylic acids is 1. The Labute approximate surface area is 132 Å². The molecule has 0 aliphatic carbocycles. The van der Waals surface area contributed by atoms with Crippen molar-refractivity contribution in [1.29, 1.82) is 0 Å². The van der Waals surface area contributed by atoms with Gasteiger partial charge in [0.15, 0.2) is 11.5 Å². The van der Waals surface area contributed by atoms with Gasteiger partial charge in [0.25, 0.3) is 0 Å². The van der Waals surface area contributed by atoms with Crippen molar-refractivity contribution >= 4 is 17.6 Å². The number of amides is 1. The van der Waals surface area contributed by atoms with Crippen molar-refractivity contribution in [3.63, 3.8) is 0 Å². The van der Waals surface area contributed by atoms with E-state index in [9.17, 15) is 9.59 Å². The van der Waals surface area contributed by atoms with Crippen molar-refractivity contribution in [2.75, 3.05) is 12.1 Å². The molecule has 0 atom stereocenters. The maximum Gasteiger partial charge on any atom is 0.337 e. The summed E-state index contributed by atoms with van der Waals surface area (Å²) in [5.74, 6) is 0.0701. The fraction of sp³-hybridized carbons (Fsp3) is 0.176. The predicted octanol–water partition coefficient (Wildman–Crippen LogP) is 2.68. The number of ether oxygens (including phenoxy) is 2. The molecule has 0 unspecified atom stereocenters. The van der Waals surface area contributed by atoms with Crippen molar-refractivity contribution < 1.29 is 24.2 Å². The number of hydrogen-bond donors (Lipinski definition) is 2. The Morgan fingerprint density at radius 3 is 2.70 bits per heavy atom. The van der Waals surface area contributed by atoms with Gasteiger partial charge in [-0.2, -0.15) is 0 Å². The molecule has 23 heavy (non-hydrogen) atoms. The number of para-hydroxylation sites is 1. The molecular formula is C17H15NO5. The summed E-state index contributed by atoms with van der Waals surface area (Å²) >= 11 is 0. The van der Waals surface area contributed by atoms with Crippen molar-refractivity contribution in [2.45, 2.75) is 12.8 Å². The average molecular weight is 313 g/mol. The standard InChI is InChI=1S/C17H15NO5/c19-16(18-13-4-2-1-3-12(13)17(20)21)8-6-11-5-7-14-15(9-11)23-10-22-14/h1-5,7,9H,6,8,10H2,(H,18,19)(H,20,21). The highest BCUT2D eigenvalue weighted by molar-refractivity contribution is 6.00. The van der Waals surface area contributed by atoms with Gasteiger partial charge in [0.05, 0.1) is 11.3 Å². The van der Waals surface area contributed by atoms with Gasteiger partial charge in [-0.3, -0.25) is 4.79 Å². The normalized spacial score (nSPS) is 12.0. The predicted molar refractivity (Wildman–Crippen MR) is 82.9 cm³/mol. The van der Waals surface area contributed by atoms with E-state index < -0.39 is 5.97 Å². The van der Waals surface area contributed by atoms with E-state index in [2.05, 4.69) is 5.32 Å². The summed E-state index contributed by atoms with van der Waals surface area (Å²) in [4.78, 5) is 23.1. The SMILES string of the molecule is O=C(CCc1ccc2c(c1)OCO2)Nc1ccccc1C(=O)O. The summed E-state index contributed by atoms with van der Waals surface area (Å²) in [7, 11) is 0. The zero-order valence-corrected chi connectivity index (χ0v) is 12.2. The molecule has 1 aliphatic heterocycles. The van der Waals surface area contributed by atoms with Gasteiger partial charge in [-0.1, -0.05) is 18.2 Å². The molecule has 2 N–H and O–H groups in total. The van der Waals surface area contributed by atoms with Gasteiger partial charge in [-0.05, 0) is 36.2 Å². The molecule has 1 amide bonds. The van der Waals surface area contributed by atoms with Gasteiger partial charge >= 0.3 is 5.97 Å². The summed E-state index contributed by atoms with van der Waals surface area (Å²) in [5, 5.41) is 11.7. The number of anilines is 1. The number of carboxylic acid groups (broad SMARTS) is 1. The van der Waals surface area contributed by atoms with Crippen LogP contribution >= 0.6 is 0 Å². The molecular weight excluding hydrogens is 298 g/mol. The number of benzene rings is 2. The Morgan fingerprint density at radius 2 is 1.87 bits per heavy atom. The first-order valence-electron chi connectivity index (χ1n) is 7.14. The van der Waals surface area contributed by atoms with E-state index in [1.54, 1.807) is 18.2 Å². The van der Waals surface area contributed by atoms with E-state index in [0.717, 1.165) is 5.56 Å². The summed E-state index contributed by atoms with van der Waals surface area (Å²) < 4.78 is 10.5. The summed E-state index contributed by atoms with van der Waals surface area (Å²) in [6, 6.07) is 11.9. The number of fused-ring (bicyclic) bond motifs is 1. The van der Waals surface area contributed by atoms with Crippen LogP contribution in [0.5, 0.6) is 11.5 Å². The Balaban J connectivity index is 1.61. The zero-order chi connectivity index (χ0) is 16.2. The molecule has 6 heteroatoms. The van der Waals surface area contributed by atoms with Crippen LogP contribution in [0.25, 0.3) is 0 Å². The van der Waals surface area contributed by atoms with E-state index in [1.807, 2.05) is 18.2 Å². The second kappa shape index (κ2) is 6.39. The Kier molecular flexibility index (Phi) is 4.14. The topological polar surface area (TPSA) is 84.9 Å². The van der Waals surface area contributed by atoms with E-state index in [4.69, 9.17) is 14.6 Å². The van der Waals surface area contributed by atoms with Crippen LogP contribution in [-0.4, -0.2) is 23.8 Å². The summed E-state index contributed by atoms with van der Waals surface area (Å²) in [6.45, 7) is 0.214. The van der Waals surface area contributed by atoms with Crippen LogP contribution in [0.15, 0.2) is 42.5 Å². The number of carbonyl (C=O) groups excluding carboxylic acids is 1. The highest BCUT2D eigenvalue weighted by atomic mass is 16.7. The van der Waals surface area contributed by atoms with E-state index >= 15 is 0 Å². The molecule has 0 aromatic heterocycles. The fourth-order valence-electron chi connectivity index (χ4n) is 2.35. The minimum atomic E-state index is -1.07. The third kappa shape index (κ3) is 3.42. The Morgan fingerprint density at radius 1 is 1.09 bits per heavy atom. The van der Waals surface area contributed by atoms with Gasteiger partial charge in [0.2, 0.25) is 12.7 Å². The molecule has 2 aromatic carbocycles. The molecule has 6 nitrogen and oxygen atoms in total. The lowest BCUT2D eigenvalue weighted by Crippen LogP contribution is -2.15. The van der Waals surface area contributed by atoms with Crippen molar-refractivity contribution in [2.24, 2.45) is 0 Å². The van der Waals surface area contributed by atoms with Crippen molar-refractivity contribution in [3.8, 4) is 11.5 Å². The number of aromatic carboxylic acids is 1. The first kappa shape index (κ1) is 14.9. The second-order valence-electron chi connectivity index (χ2n) is 5.09. The zero-order valence-electron chi connectivity index (χ0n) is 12.2. The maximum atomic E-state index is 12.0. The number of carbonyl (C=O) groups is 2. The van der Waals surface area contributed by atoms with Crippen LogP contribution in [-0.2, 0) is 11.2 Å². The molecule has 0 radical (unpaired) electrons. The number of nitrogens with one attached hydrogen (secondary N) is 1. The van der Waals surface area contributed by atoms with Crippen LogP contribution in [0, 0.1) is 0 Å². The van der Waals surface area contributed by atoms with Crippen LogP contribution in [0.3, 0.4) is 0 Å². The summed E-state index contributed by atoms with van der Waals surface area (Å²) in [5.41, 5.74) is 1.33. The maximum absolute atomic E-state index is 12.0. The molecule has 2 aromatic rings. The van der Waals surface area contributed by atoms with Gasteiger partial charge in [0, 0.05) is 6.42 Å². The van der Waals surface area contributed by atoms with Crippen LogP contribution in [0.4, 0.5) is 5.69 Å². The van der Waals surface area contributed by atoms with Gasteiger partial charge < -0.3 is 19.9 Å². The first-order valence-corrected chi connectivity index (χ1v) is 7.14. The van der Waals surface area contributed by atoms with E-state index in [0.29, 0.717) is 23.6 Å². The molecule has 0 bridgehead atoms.